The van der Waals surface area contributed by atoms with Crippen LogP contribution in [0.3, 0.4) is 0 Å². The fourth-order valence-corrected chi connectivity index (χ4v) is 4.02. The number of benzene rings is 1. The van der Waals surface area contributed by atoms with Crippen molar-refractivity contribution in [1.29, 1.82) is 0 Å². The Hall–Kier alpha value is -0.863. The van der Waals surface area contributed by atoms with Crippen LogP contribution in [0.1, 0.15) is 18.6 Å². The van der Waals surface area contributed by atoms with E-state index in [0.717, 1.165) is 6.04 Å². The largest absolute Gasteiger partial charge is 0.410 e. The van der Waals surface area contributed by atoms with E-state index in [-0.39, 0.29) is 6.10 Å². The highest BCUT2D eigenvalue weighted by Crippen LogP contribution is 2.34. The molecule has 86 valence electrons. The monoisotopic (exact) mass is 232 g/mol. The van der Waals surface area contributed by atoms with E-state index in [0.29, 0.717) is 5.92 Å². The minimum Gasteiger partial charge on any atom is -0.410 e. The van der Waals surface area contributed by atoms with E-state index in [4.69, 9.17) is 4.43 Å². The average Bonchev–Trinajstić information content (AvgIpc) is 2.39. The third-order valence-corrected chi connectivity index (χ3v) is 5.21. The first-order chi connectivity index (χ1) is 7.58. The molecule has 0 saturated carbocycles. The van der Waals surface area contributed by atoms with Gasteiger partial charge in [-0.1, -0.05) is 49.4 Å². The van der Waals surface area contributed by atoms with Gasteiger partial charge in [0.2, 0.25) is 0 Å². The maximum absolute atomic E-state index is 6.37. The molecule has 1 aliphatic heterocycles. The summed E-state index contributed by atoms with van der Waals surface area (Å²) in [5.74, 6) is 0.469. The third kappa shape index (κ3) is 2.63. The smallest absolute Gasteiger partial charge is 0.191 e. The van der Waals surface area contributed by atoms with Crippen LogP contribution in [0.25, 0.3) is 0 Å². The predicted molar refractivity (Wildman–Crippen MR) is 70.9 cm³/mol. The molecular formula is C14H20OSi. The zero-order valence-electron chi connectivity index (χ0n) is 10.3. The molecule has 0 saturated heterocycles. The Bertz CT molecular complexity index is 370. The first-order valence-electron chi connectivity index (χ1n) is 5.98. The summed E-state index contributed by atoms with van der Waals surface area (Å²) in [5.41, 5.74) is 1.31. The number of allylic oxidation sites excluding steroid dienone is 1. The zero-order chi connectivity index (χ0) is 11.6. The van der Waals surface area contributed by atoms with Crippen molar-refractivity contribution in [2.24, 2.45) is 5.92 Å². The standard InChI is InChI=1S/C14H20OSi/c1-12-8-7-11-16(2,3)15-14(12)13-9-5-4-6-10-13/h4-10,12,14H,11H2,1-3H3/t12-,14-/m1/s1. The SMILES string of the molecule is C[C@@H]1C=CC[Si](C)(C)O[C@H]1c1ccccc1. The third-order valence-electron chi connectivity index (χ3n) is 3.10. The van der Waals surface area contributed by atoms with Crippen molar-refractivity contribution in [3.8, 4) is 0 Å². The van der Waals surface area contributed by atoms with Gasteiger partial charge in [0.25, 0.3) is 0 Å². The molecule has 0 bridgehead atoms. The first kappa shape index (κ1) is 11.6. The van der Waals surface area contributed by atoms with Gasteiger partial charge in [0.15, 0.2) is 8.32 Å². The van der Waals surface area contributed by atoms with Crippen LogP contribution in [0.15, 0.2) is 42.5 Å². The van der Waals surface area contributed by atoms with Gasteiger partial charge in [-0.05, 0) is 24.7 Å². The Kier molecular flexibility index (Phi) is 3.31. The maximum Gasteiger partial charge on any atom is 0.191 e. The van der Waals surface area contributed by atoms with Gasteiger partial charge in [0.1, 0.15) is 0 Å². The quantitative estimate of drug-likeness (QED) is 0.522. The second-order valence-corrected chi connectivity index (χ2v) is 9.36. The predicted octanol–water partition coefficient (Wildman–Crippen LogP) is 4.16. The van der Waals surface area contributed by atoms with Crippen LogP contribution in [-0.4, -0.2) is 8.32 Å². The lowest BCUT2D eigenvalue weighted by Crippen LogP contribution is -2.31. The summed E-state index contributed by atoms with van der Waals surface area (Å²) < 4.78 is 6.37. The first-order valence-corrected chi connectivity index (χ1v) is 9.09. The molecule has 0 fully saturated rings. The molecule has 1 nitrogen and oxygen atoms in total. The summed E-state index contributed by atoms with van der Waals surface area (Å²) in [7, 11) is -1.52. The van der Waals surface area contributed by atoms with Crippen LogP contribution >= 0.6 is 0 Å². The highest BCUT2D eigenvalue weighted by atomic mass is 28.4. The molecule has 0 aromatic heterocycles. The van der Waals surface area contributed by atoms with E-state index in [1.807, 2.05) is 0 Å². The molecule has 1 aliphatic rings. The molecule has 0 unspecified atom stereocenters. The van der Waals surface area contributed by atoms with E-state index >= 15 is 0 Å². The van der Waals surface area contributed by atoms with Crippen molar-refractivity contribution in [3.63, 3.8) is 0 Å². The molecule has 1 aromatic carbocycles. The van der Waals surface area contributed by atoms with Crippen molar-refractivity contribution in [2.75, 3.05) is 0 Å². The highest BCUT2D eigenvalue weighted by molar-refractivity contribution is 6.71. The van der Waals surface area contributed by atoms with Gasteiger partial charge in [0.05, 0.1) is 6.10 Å². The van der Waals surface area contributed by atoms with Gasteiger partial charge in [-0.15, -0.1) is 0 Å². The van der Waals surface area contributed by atoms with Crippen LogP contribution in [-0.2, 0) is 4.43 Å². The Labute approximate surface area is 99.3 Å². The summed E-state index contributed by atoms with van der Waals surface area (Å²) in [4.78, 5) is 0. The van der Waals surface area contributed by atoms with E-state index < -0.39 is 8.32 Å². The van der Waals surface area contributed by atoms with Crippen LogP contribution < -0.4 is 0 Å². The molecular weight excluding hydrogens is 212 g/mol. The molecule has 0 N–H and O–H groups in total. The van der Waals surface area contributed by atoms with Crippen molar-refractivity contribution in [1.82, 2.24) is 0 Å². The normalized spacial score (nSPS) is 28.7. The fourth-order valence-electron chi connectivity index (χ4n) is 2.18. The van der Waals surface area contributed by atoms with Crippen molar-refractivity contribution < 1.29 is 4.43 Å². The molecule has 2 heteroatoms. The van der Waals surface area contributed by atoms with Gasteiger partial charge in [0, 0.05) is 5.92 Å². The van der Waals surface area contributed by atoms with Crippen LogP contribution in [0.4, 0.5) is 0 Å². The Morgan fingerprint density at radius 2 is 1.88 bits per heavy atom. The van der Waals surface area contributed by atoms with Gasteiger partial charge >= 0.3 is 0 Å². The molecule has 0 spiro atoms. The summed E-state index contributed by atoms with van der Waals surface area (Å²) in [6.07, 6.45) is 4.85. The lowest BCUT2D eigenvalue weighted by Gasteiger charge is -2.29. The number of hydrogen-bond acceptors (Lipinski definition) is 1. The van der Waals surface area contributed by atoms with Crippen molar-refractivity contribution in [2.45, 2.75) is 32.2 Å². The summed E-state index contributed by atoms with van der Waals surface area (Å²) >= 11 is 0. The summed E-state index contributed by atoms with van der Waals surface area (Å²) in [5, 5.41) is 0. The van der Waals surface area contributed by atoms with Crippen molar-refractivity contribution >= 4 is 8.32 Å². The minimum absolute atomic E-state index is 0.238. The fraction of sp³-hybridized carbons (Fsp3) is 0.429. The molecule has 2 atom stereocenters. The van der Waals surface area contributed by atoms with Crippen molar-refractivity contribution in [3.05, 3.63) is 48.0 Å². The molecule has 16 heavy (non-hydrogen) atoms. The highest BCUT2D eigenvalue weighted by Gasteiger charge is 2.30. The lowest BCUT2D eigenvalue weighted by atomic mass is 9.97. The molecule has 0 radical (unpaired) electrons. The molecule has 2 rings (SSSR count). The Morgan fingerprint density at radius 1 is 1.19 bits per heavy atom. The van der Waals surface area contributed by atoms with E-state index in [1.165, 1.54) is 5.56 Å². The van der Waals surface area contributed by atoms with E-state index in [2.05, 4.69) is 62.5 Å². The molecule has 1 aromatic rings. The van der Waals surface area contributed by atoms with Gasteiger partial charge in [-0.3, -0.25) is 0 Å². The molecule has 1 heterocycles. The lowest BCUT2D eigenvalue weighted by molar-refractivity contribution is 0.161. The van der Waals surface area contributed by atoms with Gasteiger partial charge in [-0.2, -0.15) is 0 Å². The Balaban J connectivity index is 2.28. The average molecular weight is 232 g/mol. The molecule has 0 amide bonds. The summed E-state index contributed by atoms with van der Waals surface area (Å²) in [6, 6.07) is 11.7. The topological polar surface area (TPSA) is 9.23 Å². The molecule has 0 aliphatic carbocycles. The maximum atomic E-state index is 6.37. The van der Waals surface area contributed by atoms with Crippen LogP contribution in [0.2, 0.25) is 19.1 Å². The number of rotatable bonds is 1. The summed E-state index contributed by atoms with van der Waals surface area (Å²) in [6.45, 7) is 6.83. The minimum atomic E-state index is -1.52. The number of hydrogen-bond donors (Lipinski definition) is 0. The van der Waals surface area contributed by atoms with E-state index in [9.17, 15) is 0 Å². The van der Waals surface area contributed by atoms with Gasteiger partial charge in [-0.25, -0.2) is 0 Å². The van der Waals surface area contributed by atoms with E-state index in [1.54, 1.807) is 0 Å². The second kappa shape index (κ2) is 4.56. The Morgan fingerprint density at radius 3 is 2.56 bits per heavy atom. The van der Waals surface area contributed by atoms with Crippen LogP contribution in [0, 0.1) is 5.92 Å². The van der Waals surface area contributed by atoms with Gasteiger partial charge < -0.3 is 4.43 Å². The second-order valence-electron chi connectivity index (χ2n) is 5.20. The van der Waals surface area contributed by atoms with Crippen LogP contribution in [0.5, 0.6) is 0 Å². The zero-order valence-corrected chi connectivity index (χ0v) is 11.3.